The number of hydrogen-bond acceptors (Lipinski definition) is 0. The number of benzene rings is 9. The van der Waals surface area contributed by atoms with Crippen molar-refractivity contribution in [3.05, 3.63) is 194 Å². The molecule has 12 aromatic rings. The Kier molecular flexibility index (Phi) is 5.84. The van der Waals surface area contributed by atoms with E-state index in [4.69, 9.17) is 0 Å². The van der Waals surface area contributed by atoms with Gasteiger partial charge in [-0.15, -0.1) is 0 Å². The van der Waals surface area contributed by atoms with Crippen LogP contribution in [0.4, 0.5) is 0 Å². The SMILES string of the molecule is c1ccc(-c2cccc3c4cccc(-c5ccccc5)c4n(-c4c5c6ccccc6n6c5c5c7c4c4ccccc4n7-c4ccccc4B5c4ccccc4-6)c23)cc1. The molecule has 0 unspecified atom stereocenters. The molecule has 0 aliphatic carbocycles. The summed E-state index contributed by atoms with van der Waals surface area (Å²) < 4.78 is 7.87. The molecule has 266 valence electrons. The number of rotatable bonds is 3. The Hall–Kier alpha value is -7.56. The fraction of sp³-hybridized carbons (Fsp3) is 0. The van der Waals surface area contributed by atoms with E-state index in [1.54, 1.807) is 0 Å². The highest BCUT2D eigenvalue weighted by molar-refractivity contribution is 7.00. The van der Waals surface area contributed by atoms with Gasteiger partial charge in [0.1, 0.15) is 0 Å². The van der Waals surface area contributed by atoms with Crippen molar-refractivity contribution in [2.24, 2.45) is 0 Å². The summed E-state index contributed by atoms with van der Waals surface area (Å²) in [5.41, 5.74) is 20.2. The van der Waals surface area contributed by atoms with Gasteiger partial charge in [-0.2, -0.15) is 0 Å². The molecule has 9 aromatic carbocycles. The van der Waals surface area contributed by atoms with E-state index < -0.39 is 0 Å². The molecule has 4 heteroatoms. The fourth-order valence-electron chi connectivity index (χ4n) is 11.1. The van der Waals surface area contributed by atoms with Gasteiger partial charge in [-0.05, 0) is 51.8 Å². The van der Waals surface area contributed by atoms with Crippen LogP contribution in [0.5, 0.6) is 0 Å². The molecule has 0 bridgehead atoms. The molecule has 0 amide bonds. The van der Waals surface area contributed by atoms with Crippen LogP contribution in [-0.4, -0.2) is 20.4 Å². The smallest absolute Gasteiger partial charge is 0.252 e. The molecule has 0 N–H and O–H groups in total. The third kappa shape index (κ3) is 3.67. The number of nitrogens with zero attached hydrogens (tertiary/aromatic N) is 3. The lowest BCUT2D eigenvalue weighted by molar-refractivity contribution is 1.16. The maximum absolute atomic E-state index is 2.69. The second kappa shape index (κ2) is 11.1. The van der Waals surface area contributed by atoms with Crippen molar-refractivity contribution in [2.75, 3.05) is 0 Å². The average Bonchev–Trinajstić information content (AvgIpc) is 3.95. The average molecular weight is 734 g/mol. The first kappa shape index (κ1) is 30.6. The maximum Gasteiger partial charge on any atom is 0.252 e. The van der Waals surface area contributed by atoms with Crippen molar-refractivity contribution in [2.45, 2.75) is 0 Å². The first-order valence-electron chi connectivity index (χ1n) is 20.2. The molecule has 2 aliphatic heterocycles. The molecular weight excluding hydrogens is 701 g/mol. The van der Waals surface area contributed by atoms with Crippen LogP contribution in [0.3, 0.4) is 0 Å². The van der Waals surface area contributed by atoms with Crippen LogP contribution in [0, 0.1) is 0 Å². The van der Waals surface area contributed by atoms with E-state index >= 15 is 0 Å². The van der Waals surface area contributed by atoms with Gasteiger partial charge < -0.3 is 13.7 Å². The molecular formula is C54H32BN3. The second-order valence-corrected chi connectivity index (χ2v) is 15.9. The van der Waals surface area contributed by atoms with Gasteiger partial charge in [-0.1, -0.05) is 170 Å². The Labute approximate surface area is 334 Å². The molecule has 0 radical (unpaired) electrons. The monoisotopic (exact) mass is 733 g/mol. The van der Waals surface area contributed by atoms with Gasteiger partial charge in [0.15, 0.2) is 0 Å². The van der Waals surface area contributed by atoms with Gasteiger partial charge in [0, 0.05) is 54.8 Å². The summed E-state index contributed by atoms with van der Waals surface area (Å²) in [6.45, 7) is 0.0815. The van der Waals surface area contributed by atoms with Crippen LogP contribution in [-0.2, 0) is 0 Å². The number of fused-ring (bicyclic) bond motifs is 15. The largest absolute Gasteiger partial charge is 0.310 e. The van der Waals surface area contributed by atoms with Crippen LogP contribution in [0.1, 0.15) is 0 Å². The number of para-hydroxylation sites is 6. The predicted molar refractivity (Wildman–Crippen MR) is 245 cm³/mol. The first-order valence-corrected chi connectivity index (χ1v) is 20.2. The van der Waals surface area contributed by atoms with Gasteiger partial charge in [0.05, 0.1) is 38.8 Å². The highest BCUT2D eigenvalue weighted by Gasteiger charge is 2.42. The Morgan fingerprint density at radius 3 is 1.22 bits per heavy atom. The Balaban J connectivity index is 1.34. The van der Waals surface area contributed by atoms with Gasteiger partial charge in [-0.3, -0.25) is 0 Å². The molecule has 0 fully saturated rings. The molecule has 3 nitrogen and oxygen atoms in total. The summed E-state index contributed by atoms with van der Waals surface area (Å²) in [5.74, 6) is 0. The van der Waals surface area contributed by atoms with E-state index in [1.165, 1.54) is 121 Å². The summed E-state index contributed by atoms with van der Waals surface area (Å²) in [6, 6.07) is 72.2. The minimum Gasteiger partial charge on any atom is -0.310 e. The van der Waals surface area contributed by atoms with E-state index in [-0.39, 0.29) is 6.71 Å². The van der Waals surface area contributed by atoms with Crippen molar-refractivity contribution >= 4 is 88.5 Å². The second-order valence-electron chi connectivity index (χ2n) is 15.9. The standard InChI is InChI=1S/C54H32BN3/c1-3-17-33(18-4-1)35-23-15-25-37-38-26-16-24-36(34-19-5-2-6-20-34)51(38)58(50(35)37)52-47-39-21-7-11-29-43(39)56-45-31-13-9-27-41(45)55-42-28-10-14-32-46(42)57-44-30-12-8-22-40(44)48(52)54(57)49(55)53(47)56/h1-32H. The zero-order valence-corrected chi connectivity index (χ0v) is 31.4. The van der Waals surface area contributed by atoms with Crippen LogP contribution in [0.25, 0.3) is 105 Å². The summed E-state index contributed by atoms with van der Waals surface area (Å²) in [7, 11) is 0. The van der Waals surface area contributed by atoms with Crippen molar-refractivity contribution in [1.29, 1.82) is 0 Å². The quantitative estimate of drug-likeness (QED) is 0.161. The molecule has 0 saturated carbocycles. The van der Waals surface area contributed by atoms with E-state index in [1.807, 2.05) is 0 Å². The highest BCUT2D eigenvalue weighted by atomic mass is 15.1. The van der Waals surface area contributed by atoms with Gasteiger partial charge in [0.2, 0.25) is 0 Å². The molecule has 14 rings (SSSR count). The maximum atomic E-state index is 2.69. The van der Waals surface area contributed by atoms with Crippen LogP contribution in [0.2, 0.25) is 0 Å². The number of hydrogen-bond donors (Lipinski definition) is 0. The zero-order valence-electron chi connectivity index (χ0n) is 31.4. The van der Waals surface area contributed by atoms with Crippen LogP contribution < -0.4 is 16.4 Å². The lowest BCUT2D eigenvalue weighted by Gasteiger charge is -2.33. The molecule has 3 aromatic heterocycles. The van der Waals surface area contributed by atoms with Gasteiger partial charge in [0.25, 0.3) is 6.71 Å². The molecule has 5 heterocycles. The van der Waals surface area contributed by atoms with E-state index in [2.05, 4.69) is 208 Å². The van der Waals surface area contributed by atoms with Crippen LogP contribution >= 0.6 is 0 Å². The van der Waals surface area contributed by atoms with Gasteiger partial charge in [-0.25, -0.2) is 0 Å². The summed E-state index contributed by atoms with van der Waals surface area (Å²) in [6.07, 6.45) is 0. The minimum absolute atomic E-state index is 0.0815. The fourth-order valence-corrected chi connectivity index (χ4v) is 11.1. The molecule has 0 atom stereocenters. The molecule has 58 heavy (non-hydrogen) atoms. The predicted octanol–water partition coefficient (Wildman–Crippen LogP) is 11.5. The first-order chi connectivity index (χ1) is 28.9. The van der Waals surface area contributed by atoms with Crippen molar-refractivity contribution in [3.8, 4) is 39.3 Å². The van der Waals surface area contributed by atoms with Crippen LogP contribution in [0.15, 0.2) is 194 Å². The minimum atomic E-state index is 0.0815. The Morgan fingerprint density at radius 1 is 0.310 bits per heavy atom. The van der Waals surface area contributed by atoms with Crippen molar-refractivity contribution in [3.63, 3.8) is 0 Å². The Morgan fingerprint density at radius 2 is 0.724 bits per heavy atom. The molecule has 2 aliphatic rings. The normalized spacial score (nSPS) is 12.8. The molecule has 0 saturated heterocycles. The lowest BCUT2D eigenvalue weighted by Crippen LogP contribution is -2.59. The van der Waals surface area contributed by atoms with Gasteiger partial charge >= 0.3 is 0 Å². The topological polar surface area (TPSA) is 14.8 Å². The van der Waals surface area contributed by atoms with E-state index in [0.29, 0.717) is 0 Å². The van der Waals surface area contributed by atoms with E-state index in [9.17, 15) is 0 Å². The third-order valence-corrected chi connectivity index (χ3v) is 13.2. The third-order valence-electron chi connectivity index (χ3n) is 13.2. The zero-order chi connectivity index (χ0) is 37.6. The van der Waals surface area contributed by atoms with E-state index in [0.717, 1.165) is 0 Å². The summed E-state index contributed by atoms with van der Waals surface area (Å²) >= 11 is 0. The highest BCUT2D eigenvalue weighted by Crippen LogP contribution is 2.50. The molecule has 0 spiro atoms. The lowest BCUT2D eigenvalue weighted by atomic mass is 9.34. The summed E-state index contributed by atoms with van der Waals surface area (Å²) in [5, 5.41) is 7.62. The summed E-state index contributed by atoms with van der Waals surface area (Å²) in [4.78, 5) is 0. The number of aromatic nitrogens is 3. The van der Waals surface area contributed by atoms with Crippen molar-refractivity contribution < 1.29 is 0 Å². The van der Waals surface area contributed by atoms with Crippen molar-refractivity contribution in [1.82, 2.24) is 13.7 Å². The Bertz CT molecular complexity index is 3500.